The van der Waals surface area contributed by atoms with Crippen molar-refractivity contribution >= 4 is 5.91 Å². The fourth-order valence-corrected chi connectivity index (χ4v) is 1.64. The Bertz CT molecular complexity index is 592. The molecule has 4 heteroatoms. The van der Waals surface area contributed by atoms with E-state index in [0.717, 1.165) is 16.8 Å². The Balaban J connectivity index is 2.01. The summed E-state index contributed by atoms with van der Waals surface area (Å²) >= 11 is 0. The predicted molar refractivity (Wildman–Crippen MR) is 73.0 cm³/mol. The number of aromatic hydroxyl groups is 1. The zero-order valence-corrected chi connectivity index (χ0v) is 11.0. The summed E-state index contributed by atoms with van der Waals surface area (Å²) in [5, 5.41) is 12.4. The number of nitrogens with zero attached hydrogens (tertiary/aromatic N) is 1. The summed E-state index contributed by atoms with van der Waals surface area (Å²) < 4.78 is 0. The average molecular weight is 256 g/mol. The summed E-state index contributed by atoms with van der Waals surface area (Å²) in [6.45, 7) is 4.12. The van der Waals surface area contributed by atoms with Crippen LogP contribution in [0.4, 0.5) is 0 Å². The molecule has 4 nitrogen and oxygen atoms in total. The van der Waals surface area contributed by atoms with Crippen LogP contribution in [0.3, 0.4) is 0 Å². The lowest BCUT2D eigenvalue weighted by Gasteiger charge is -2.06. The zero-order chi connectivity index (χ0) is 13.8. The number of carbonyl (C=O) groups is 1. The molecule has 19 heavy (non-hydrogen) atoms. The van der Waals surface area contributed by atoms with Crippen molar-refractivity contribution in [2.24, 2.45) is 0 Å². The lowest BCUT2D eigenvalue weighted by Crippen LogP contribution is -2.22. The second-order valence-corrected chi connectivity index (χ2v) is 4.49. The van der Waals surface area contributed by atoms with Crippen molar-refractivity contribution in [2.45, 2.75) is 20.4 Å². The highest BCUT2D eigenvalue weighted by Gasteiger charge is 2.07. The molecular weight excluding hydrogens is 240 g/mol. The maximum atomic E-state index is 11.9. The van der Waals surface area contributed by atoms with Gasteiger partial charge >= 0.3 is 0 Å². The van der Waals surface area contributed by atoms with Gasteiger partial charge in [0.05, 0.1) is 0 Å². The van der Waals surface area contributed by atoms with Gasteiger partial charge in [0, 0.05) is 24.0 Å². The number of aromatic nitrogens is 1. The van der Waals surface area contributed by atoms with Crippen molar-refractivity contribution in [3.8, 4) is 5.75 Å². The van der Waals surface area contributed by atoms with Gasteiger partial charge < -0.3 is 10.4 Å². The first-order valence-electron chi connectivity index (χ1n) is 6.05. The van der Waals surface area contributed by atoms with E-state index in [1.807, 2.05) is 19.1 Å². The molecule has 0 aliphatic rings. The Morgan fingerprint density at radius 3 is 2.68 bits per heavy atom. The fourth-order valence-electron chi connectivity index (χ4n) is 1.64. The van der Waals surface area contributed by atoms with Crippen molar-refractivity contribution < 1.29 is 9.90 Å². The molecule has 98 valence electrons. The topological polar surface area (TPSA) is 62.2 Å². The largest absolute Gasteiger partial charge is 0.508 e. The number of hydrogen-bond donors (Lipinski definition) is 2. The number of pyridine rings is 1. The van der Waals surface area contributed by atoms with Crippen LogP contribution in [0, 0.1) is 13.8 Å². The molecule has 0 aliphatic carbocycles. The summed E-state index contributed by atoms with van der Waals surface area (Å²) in [5.41, 5.74) is 3.08. The van der Waals surface area contributed by atoms with Crippen LogP contribution in [0.15, 0.2) is 36.5 Å². The SMILES string of the molecule is Cc1ccc(CNC(=O)c2ccc(C)c(O)c2)cn1. The van der Waals surface area contributed by atoms with E-state index in [0.29, 0.717) is 12.1 Å². The van der Waals surface area contributed by atoms with E-state index in [1.54, 1.807) is 25.3 Å². The number of phenols is 1. The third-order valence-electron chi connectivity index (χ3n) is 2.90. The van der Waals surface area contributed by atoms with Crippen molar-refractivity contribution in [1.29, 1.82) is 0 Å². The molecule has 2 N–H and O–H groups in total. The Kier molecular flexibility index (Phi) is 3.80. The summed E-state index contributed by atoms with van der Waals surface area (Å²) in [7, 11) is 0. The van der Waals surface area contributed by atoms with Gasteiger partial charge in [0.2, 0.25) is 0 Å². The van der Waals surface area contributed by atoms with Gasteiger partial charge in [-0.1, -0.05) is 12.1 Å². The van der Waals surface area contributed by atoms with Crippen LogP contribution >= 0.6 is 0 Å². The molecule has 1 aromatic heterocycles. The highest BCUT2D eigenvalue weighted by molar-refractivity contribution is 5.94. The average Bonchev–Trinajstić information content (AvgIpc) is 2.41. The van der Waals surface area contributed by atoms with Crippen LogP contribution in [0.2, 0.25) is 0 Å². The molecule has 1 aromatic carbocycles. The molecule has 0 unspecified atom stereocenters. The maximum Gasteiger partial charge on any atom is 0.251 e. The molecule has 0 aliphatic heterocycles. The van der Waals surface area contributed by atoms with E-state index >= 15 is 0 Å². The second-order valence-electron chi connectivity index (χ2n) is 4.49. The fraction of sp³-hybridized carbons (Fsp3) is 0.200. The van der Waals surface area contributed by atoms with Crippen LogP contribution in [0.25, 0.3) is 0 Å². The molecule has 0 saturated carbocycles. The van der Waals surface area contributed by atoms with Gasteiger partial charge in [-0.3, -0.25) is 9.78 Å². The first-order valence-corrected chi connectivity index (χ1v) is 6.05. The summed E-state index contributed by atoms with van der Waals surface area (Å²) in [4.78, 5) is 16.1. The van der Waals surface area contributed by atoms with Crippen molar-refractivity contribution in [2.75, 3.05) is 0 Å². The van der Waals surface area contributed by atoms with Crippen LogP contribution < -0.4 is 5.32 Å². The molecule has 0 fully saturated rings. The van der Waals surface area contributed by atoms with Crippen molar-refractivity contribution in [1.82, 2.24) is 10.3 Å². The number of amides is 1. The van der Waals surface area contributed by atoms with E-state index in [9.17, 15) is 9.90 Å². The number of benzene rings is 1. The smallest absolute Gasteiger partial charge is 0.251 e. The molecule has 0 atom stereocenters. The molecule has 0 radical (unpaired) electrons. The second kappa shape index (κ2) is 5.52. The minimum Gasteiger partial charge on any atom is -0.508 e. The van der Waals surface area contributed by atoms with E-state index < -0.39 is 0 Å². The number of carbonyl (C=O) groups excluding carboxylic acids is 1. The van der Waals surface area contributed by atoms with E-state index in [-0.39, 0.29) is 11.7 Å². The molecular formula is C15H16N2O2. The molecule has 1 heterocycles. The van der Waals surface area contributed by atoms with Gasteiger partial charge in [-0.25, -0.2) is 0 Å². The highest BCUT2D eigenvalue weighted by atomic mass is 16.3. The first-order chi connectivity index (χ1) is 9.06. The minimum absolute atomic E-state index is 0.129. The van der Waals surface area contributed by atoms with E-state index in [1.165, 1.54) is 6.07 Å². The van der Waals surface area contributed by atoms with Gasteiger partial charge in [0.25, 0.3) is 5.91 Å². The molecule has 0 spiro atoms. The predicted octanol–water partition coefficient (Wildman–Crippen LogP) is 2.33. The molecule has 1 amide bonds. The van der Waals surface area contributed by atoms with Crippen molar-refractivity contribution in [3.05, 3.63) is 58.9 Å². The van der Waals surface area contributed by atoms with Gasteiger partial charge in [0.15, 0.2) is 0 Å². The maximum absolute atomic E-state index is 11.9. The molecule has 2 aromatic rings. The van der Waals surface area contributed by atoms with Gasteiger partial charge in [-0.05, 0) is 43.2 Å². The lowest BCUT2D eigenvalue weighted by atomic mass is 10.1. The molecule has 2 rings (SSSR count). The monoisotopic (exact) mass is 256 g/mol. The number of aryl methyl sites for hydroxylation is 2. The number of hydrogen-bond acceptors (Lipinski definition) is 3. The molecule has 0 bridgehead atoms. The van der Waals surface area contributed by atoms with Crippen LogP contribution in [0.5, 0.6) is 5.75 Å². The van der Waals surface area contributed by atoms with E-state index in [2.05, 4.69) is 10.3 Å². The number of nitrogens with one attached hydrogen (secondary N) is 1. The molecule has 0 saturated heterocycles. The normalized spacial score (nSPS) is 10.2. The first kappa shape index (κ1) is 13.1. The Hall–Kier alpha value is -2.36. The standard InChI is InChI=1S/C15H16N2O2/c1-10-3-6-13(7-14(10)18)15(19)17-9-12-5-4-11(2)16-8-12/h3-8,18H,9H2,1-2H3,(H,17,19). The quantitative estimate of drug-likeness (QED) is 0.886. The third-order valence-corrected chi connectivity index (χ3v) is 2.90. The van der Waals surface area contributed by atoms with Crippen molar-refractivity contribution in [3.63, 3.8) is 0 Å². The van der Waals surface area contributed by atoms with Gasteiger partial charge in [-0.2, -0.15) is 0 Å². The Morgan fingerprint density at radius 1 is 1.26 bits per heavy atom. The Labute approximate surface area is 112 Å². The Morgan fingerprint density at radius 2 is 2.05 bits per heavy atom. The zero-order valence-electron chi connectivity index (χ0n) is 11.0. The number of rotatable bonds is 3. The minimum atomic E-state index is -0.212. The summed E-state index contributed by atoms with van der Waals surface area (Å²) in [6.07, 6.45) is 1.74. The third kappa shape index (κ3) is 3.31. The summed E-state index contributed by atoms with van der Waals surface area (Å²) in [5.74, 6) is -0.0828. The highest BCUT2D eigenvalue weighted by Crippen LogP contribution is 2.17. The van der Waals surface area contributed by atoms with Gasteiger partial charge in [0.1, 0.15) is 5.75 Å². The van der Waals surface area contributed by atoms with E-state index in [4.69, 9.17) is 0 Å². The van der Waals surface area contributed by atoms with Crippen LogP contribution in [0.1, 0.15) is 27.2 Å². The van der Waals surface area contributed by atoms with Crippen LogP contribution in [-0.4, -0.2) is 16.0 Å². The number of phenolic OH excluding ortho intramolecular Hbond substituents is 1. The summed E-state index contributed by atoms with van der Waals surface area (Å²) in [6, 6.07) is 8.71. The lowest BCUT2D eigenvalue weighted by molar-refractivity contribution is 0.0950. The van der Waals surface area contributed by atoms with Gasteiger partial charge in [-0.15, -0.1) is 0 Å². The van der Waals surface area contributed by atoms with Crippen LogP contribution in [-0.2, 0) is 6.54 Å².